The van der Waals surface area contributed by atoms with Crippen molar-refractivity contribution in [2.24, 2.45) is 0 Å². The van der Waals surface area contributed by atoms with Crippen molar-refractivity contribution >= 4 is 26.9 Å². The zero-order chi connectivity index (χ0) is 24.0. The maximum atomic E-state index is 2.45. The topological polar surface area (TPSA) is 0 Å². The van der Waals surface area contributed by atoms with E-state index in [2.05, 4.69) is 114 Å². The third-order valence-corrected chi connectivity index (χ3v) is 9.13. The standard InChI is InChI=1S/C33H36Si/c1-20(2)26-9-7-11-28-30(26)17-22(5)32(28)19-34-25-15-13-24(14-16-25)33-23(6)18-31-27(21(3)4)10-8-12-29(31)33/h7-18,20-21,32-33H,19H2,1-6H3. The molecule has 3 aromatic carbocycles. The normalized spacial score (nSPS) is 18.8. The maximum absolute atomic E-state index is 2.45. The van der Waals surface area contributed by atoms with Crippen molar-refractivity contribution in [2.45, 2.75) is 71.3 Å². The van der Waals surface area contributed by atoms with Crippen molar-refractivity contribution in [2.75, 3.05) is 0 Å². The Balaban J connectivity index is 1.33. The van der Waals surface area contributed by atoms with Gasteiger partial charge in [0.05, 0.1) is 9.52 Å². The summed E-state index contributed by atoms with van der Waals surface area (Å²) in [5, 5.41) is 1.47. The van der Waals surface area contributed by atoms with Gasteiger partial charge in [-0.2, -0.15) is 0 Å². The molecule has 2 aliphatic rings. The van der Waals surface area contributed by atoms with Crippen LogP contribution in [0, 0.1) is 0 Å². The number of allylic oxidation sites excluding steroid dienone is 2. The lowest BCUT2D eigenvalue weighted by Crippen LogP contribution is -2.17. The van der Waals surface area contributed by atoms with Gasteiger partial charge in [0, 0.05) is 11.8 Å². The van der Waals surface area contributed by atoms with E-state index in [1.807, 2.05) is 0 Å². The van der Waals surface area contributed by atoms with E-state index >= 15 is 0 Å². The second-order valence-electron chi connectivity index (χ2n) is 10.8. The molecule has 2 radical (unpaired) electrons. The van der Waals surface area contributed by atoms with Crippen molar-refractivity contribution < 1.29 is 0 Å². The van der Waals surface area contributed by atoms with E-state index in [4.69, 9.17) is 0 Å². The summed E-state index contributed by atoms with van der Waals surface area (Å²) in [7, 11) is 0.831. The molecule has 172 valence electrons. The van der Waals surface area contributed by atoms with Crippen molar-refractivity contribution in [3.05, 3.63) is 111 Å². The van der Waals surface area contributed by atoms with Crippen LogP contribution in [-0.4, -0.2) is 9.52 Å². The molecule has 0 bridgehead atoms. The molecule has 2 unspecified atom stereocenters. The summed E-state index contributed by atoms with van der Waals surface area (Å²) in [5.41, 5.74) is 13.3. The van der Waals surface area contributed by atoms with Crippen LogP contribution in [0.3, 0.4) is 0 Å². The van der Waals surface area contributed by atoms with Gasteiger partial charge in [-0.05, 0) is 70.7 Å². The predicted molar refractivity (Wildman–Crippen MR) is 150 cm³/mol. The Bertz CT molecular complexity index is 1270. The van der Waals surface area contributed by atoms with Crippen LogP contribution in [0.5, 0.6) is 0 Å². The van der Waals surface area contributed by atoms with Gasteiger partial charge in [-0.3, -0.25) is 0 Å². The minimum absolute atomic E-state index is 0.396. The summed E-state index contributed by atoms with van der Waals surface area (Å²) in [6.45, 7) is 13.8. The number of fused-ring (bicyclic) bond motifs is 2. The van der Waals surface area contributed by atoms with E-state index in [-0.39, 0.29) is 0 Å². The lowest BCUT2D eigenvalue weighted by Gasteiger charge is -2.18. The molecule has 0 spiro atoms. The molecule has 2 aliphatic carbocycles. The Morgan fingerprint density at radius 3 is 1.85 bits per heavy atom. The Labute approximate surface area is 208 Å². The molecular weight excluding hydrogens is 424 g/mol. The quantitative estimate of drug-likeness (QED) is 0.324. The van der Waals surface area contributed by atoms with E-state index in [1.165, 1.54) is 61.3 Å². The van der Waals surface area contributed by atoms with Crippen LogP contribution >= 0.6 is 0 Å². The lowest BCUT2D eigenvalue weighted by atomic mass is 9.87. The largest absolute Gasteiger partial charge is 0.0817 e. The highest BCUT2D eigenvalue weighted by Gasteiger charge is 2.27. The number of hydrogen-bond acceptors (Lipinski definition) is 0. The second kappa shape index (κ2) is 9.19. The molecule has 1 heteroatoms. The second-order valence-corrected chi connectivity index (χ2v) is 12.1. The first-order valence-electron chi connectivity index (χ1n) is 12.8. The highest BCUT2D eigenvalue weighted by Crippen LogP contribution is 2.44. The monoisotopic (exact) mass is 460 g/mol. The van der Waals surface area contributed by atoms with Gasteiger partial charge < -0.3 is 0 Å². The van der Waals surface area contributed by atoms with Gasteiger partial charge in [0.1, 0.15) is 0 Å². The van der Waals surface area contributed by atoms with Crippen LogP contribution in [0.1, 0.15) is 104 Å². The Hall–Kier alpha value is -2.64. The molecule has 0 saturated carbocycles. The summed E-state index contributed by atoms with van der Waals surface area (Å²) in [4.78, 5) is 0. The summed E-state index contributed by atoms with van der Waals surface area (Å²) >= 11 is 0. The van der Waals surface area contributed by atoms with Crippen molar-refractivity contribution in [1.82, 2.24) is 0 Å². The fourth-order valence-electron chi connectivity index (χ4n) is 5.96. The van der Waals surface area contributed by atoms with Gasteiger partial charge in [-0.1, -0.05) is 117 Å². The zero-order valence-electron chi connectivity index (χ0n) is 21.4. The molecule has 2 atom stereocenters. The molecule has 5 rings (SSSR count). The molecule has 3 aromatic rings. The van der Waals surface area contributed by atoms with Crippen molar-refractivity contribution in [3.8, 4) is 0 Å². The summed E-state index contributed by atoms with van der Waals surface area (Å²) < 4.78 is 0. The molecule has 34 heavy (non-hydrogen) atoms. The molecule has 0 fully saturated rings. The highest BCUT2D eigenvalue weighted by atomic mass is 28.2. The molecule has 0 nitrogen and oxygen atoms in total. The minimum atomic E-state index is 0.396. The van der Waals surface area contributed by atoms with E-state index in [9.17, 15) is 0 Å². The first kappa shape index (κ1) is 23.1. The Morgan fingerprint density at radius 2 is 1.24 bits per heavy atom. The highest BCUT2D eigenvalue weighted by molar-refractivity contribution is 6.53. The fraction of sp³-hybridized carbons (Fsp3) is 0.333. The number of hydrogen-bond donors (Lipinski definition) is 0. The Kier molecular flexibility index (Phi) is 6.25. The SMILES string of the molecule is CC1=Cc2c(C(C)C)cccc2C1C[Si]c1ccc(C2C(C)=Cc3c(C(C)C)cccc32)cc1. The smallest absolute Gasteiger partial charge is 0.0655 e. The van der Waals surface area contributed by atoms with E-state index < -0.39 is 0 Å². The zero-order valence-corrected chi connectivity index (χ0v) is 22.4. The van der Waals surface area contributed by atoms with Crippen LogP contribution in [-0.2, 0) is 0 Å². The molecule has 0 N–H and O–H groups in total. The van der Waals surface area contributed by atoms with Crippen LogP contribution in [0.15, 0.2) is 71.8 Å². The van der Waals surface area contributed by atoms with Gasteiger partial charge >= 0.3 is 0 Å². The van der Waals surface area contributed by atoms with Crippen molar-refractivity contribution in [1.29, 1.82) is 0 Å². The van der Waals surface area contributed by atoms with Gasteiger partial charge in [-0.25, -0.2) is 0 Å². The van der Waals surface area contributed by atoms with Crippen molar-refractivity contribution in [3.63, 3.8) is 0 Å². The minimum Gasteiger partial charge on any atom is -0.0655 e. The Morgan fingerprint density at radius 1 is 0.676 bits per heavy atom. The first-order valence-corrected chi connectivity index (χ1v) is 14.0. The first-order chi connectivity index (χ1) is 16.3. The summed E-state index contributed by atoms with van der Waals surface area (Å²) in [6, 6.07) is 24.5. The van der Waals surface area contributed by atoms with Crippen LogP contribution in [0.2, 0.25) is 6.04 Å². The fourth-order valence-corrected chi connectivity index (χ4v) is 7.34. The van der Waals surface area contributed by atoms with Crippen LogP contribution in [0.4, 0.5) is 0 Å². The van der Waals surface area contributed by atoms with Gasteiger partial charge in [0.2, 0.25) is 0 Å². The molecule has 0 heterocycles. The third kappa shape index (κ3) is 4.05. The number of benzene rings is 3. The average Bonchev–Trinajstić information content (AvgIpc) is 3.32. The summed E-state index contributed by atoms with van der Waals surface area (Å²) in [6.07, 6.45) is 4.87. The molecule has 0 aliphatic heterocycles. The van der Waals surface area contributed by atoms with Gasteiger partial charge in [0.25, 0.3) is 0 Å². The molecular formula is C33H36Si. The molecule has 0 amide bonds. The number of rotatable bonds is 6. The van der Waals surface area contributed by atoms with Crippen LogP contribution < -0.4 is 5.19 Å². The van der Waals surface area contributed by atoms with Gasteiger partial charge in [-0.15, -0.1) is 0 Å². The predicted octanol–water partition coefficient (Wildman–Crippen LogP) is 8.43. The van der Waals surface area contributed by atoms with E-state index in [1.54, 1.807) is 0 Å². The lowest BCUT2D eigenvalue weighted by molar-refractivity contribution is 0.853. The summed E-state index contributed by atoms with van der Waals surface area (Å²) in [5.74, 6) is 2.08. The average molecular weight is 461 g/mol. The molecule has 0 aromatic heterocycles. The third-order valence-electron chi connectivity index (χ3n) is 7.78. The van der Waals surface area contributed by atoms with E-state index in [0.717, 1.165) is 9.52 Å². The van der Waals surface area contributed by atoms with Gasteiger partial charge in [0.15, 0.2) is 0 Å². The van der Waals surface area contributed by atoms with Crippen LogP contribution in [0.25, 0.3) is 12.2 Å². The molecule has 0 saturated heterocycles. The van der Waals surface area contributed by atoms with E-state index in [0.29, 0.717) is 23.7 Å². The maximum Gasteiger partial charge on any atom is 0.0817 e.